The van der Waals surface area contributed by atoms with Gasteiger partial charge in [0.25, 0.3) is 0 Å². The van der Waals surface area contributed by atoms with Crippen molar-refractivity contribution in [2.24, 2.45) is 0 Å². The molecule has 1 aliphatic heterocycles. The van der Waals surface area contributed by atoms with Gasteiger partial charge in [0.1, 0.15) is 11.7 Å². The predicted octanol–water partition coefficient (Wildman–Crippen LogP) is 5.31. The smallest absolute Gasteiger partial charge is 0.323 e. The highest BCUT2D eigenvalue weighted by Crippen LogP contribution is 2.53. The van der Waals surface area contributed by atoms with Gasteiger partial charge in [-0.25, -0.2) is 0 Å². The normalized spacial score (nSPS) is 22.5. The van der Waals surface area contributed by atoms with Crippen molar-refractivity contribution >= 4 is 5.97 Å². The summed E-state index contributed by atoms with van der Waals surface area (Å²) in [5, 5.41) is 0. The maximum absolute atomic E-state index is 12.7. The van der Waals surface area contributed by atoms with Crippen molar-refractivity contribution in [3.63, 3.8) is 0 Å². The third-order valence-corrected chi connectivity index (χ3v) is 6.11. The van der Waals surface area contributed by atoms with Gasteiger partial charge in [0.2, 0.25) is 0 Å². The van der Waals surface area contributed by atoms with Crippen LogP contribution in [0.2, 0.25) is 0 Å². The van der Waals surface area contributed by atoms with Gasteiger partial charge in [0.05, 0.1) is 0 Å². The second kappa shape index (κ2) is 4.97. The van der Waals surface area contributed by atoms with Gasteiger partial charge in [0, 0.05) is 5.56 Å². The molecule has 2 heteroatoms. The molecule has 1 atom stereocenters. The Bertz CT molecular complexity index is 903. The summed E-state index contributed by atoms with van der Waals surface area (Å²) < 4.78 is 5.69. The van der Waals surface area contributed by atoms with E-state index in [4.69, 9.17) is 4.74 Å². The van der Waals surface area contributed by atoms with Crippen molar-refractivity contribution in [3.8, 4) is 5.75 Å². The molecule has 2 aromatic carbocycles. The SMILES string of the molecule is Cc1ccc(C2C(=O)Oc3cc4c(cc32)C(C)(C)CC4(C)C)cc1C. The van der Waals surface area contributed by atoms with Gasteiger partial charge in [0.15, 0.2) is 0 Å². The monoisotopic (exact) mass is 334 g/mol. The molecule has 2 aliphatic rings. The van der Waals surface area contributed by atoms with Crippen molar-refractivity contribution in [2.45, 2.75) is 64.7 Å². The Kier molecular flexibility index (Phi) is 3.26. The van der Waals surface area contributed by atoms with E-state index < -0.39 is 0 Å². The lowest BCUT2D eigenvalue weighted by atomic mass is 9.81. The molecule has 0 fully saturated rings. The molecular formula is C23H26O2. The molecule has 2 nitrogen and oxygen atoms in total. The summed E-state index contributed by atoms with van der Waals surface area (Å²) in [4.78, 5) is 12.7. The number of hydrogen-bond acceptors (Lipinski definition) is 2. The van der Waals surface area contributed by atoms with Gasteiger partial charge >= 0.3 is 5.97 Å². The molecule has 0 spiro atoms. The molecule has 1 heterocycles. The summed E-state index contributed by atoms with van der Waals surface area (Å²) in [5.41, 5.74) is 7.42. The summed E-state index contributed by atoms with van der Waals surface area (Å²) in [6, 6.07) is 10.6. The van der Waals surface area contributed by atoms with E-state index in [1.807, 2.05) is 0 Å². The molecule has 25 heavy (non-hydrogen) atoms. The maximum atomic E-state index is 12.7. The average molecular weight is 334 g/mol. The standard InChI is InChI=1S/C23H26O2/c1-13-7-8-15(9-14(13)2)20-16-10-17-18(11-19(16)25-21(20)24)23(5,6)12-22(17,3)4/h7-11,20H,12H2,1-6H3. The van der Waals surface area contributed by atoms with E-state index in [0.29, 0.717) is 0 Å². The number of fused-ring (bicyclic) bond motifs is 2. The van der Waals surface area contributed by atoms with E-state index in [2.05, 4.69) is 71.9 Å². The number of esters is 1. The van der Waals surface area contributed by atoms with Crippen LogP contribution in [0.4, 0.5) is 0 Å². The first kappa shape index (κ1) is 16.4. The second-order valence-electron chi connectivity index (χ2n) is 9.08. The Labute approximate surface area is 150 Å². The van der Waals surface area contributed by atoms with E-state index in [0.717, 1.165) is 23.3 Å². The van der Waals surface area contributed by atoms with E-state index in [-0.39, 0.29) is 22.7 Å². The zero-order chi connectivity index (χ0) is 18.1. The van der Waals surface area contributed by atoms with Crippen LogP contribution in [0.5, 0.6) is 5.75 Å². The molecule has 130 valence electrons. The minimum Gasteiger partial charge on any atom is -0.425 e. The van der Waals surface area contributed by atoms with E-state index in [9.17, 15) is 4.79 Å². The fourth-order valence-corrected chi connectivity index (χ4v) is 4.88. The third kappa shape index (κ3) is 2.34. The molecule has 0 amide bonds. The first-order valence-electron chi connectivity index (χ1n) is 9.08. The van der Waals surface area contributed by atoms with Crippen LogP contribution in [0.1, 0.15) is 73.4 Å². The molecule has 1 aliphatic carbocycles. The minimum absolute atomic E-state index is 0.110. The van der Waals surface area contributed by atoms with E-state index >= 15 is 0 Å². The van der Waals surface area contributed by atoms with Crippen LogP contribution in [0.25, 0.3) is 0 Å². The number of carbonyl (C=O) groups excluding carboxylic acids is 1. The van der Waals surface area contributed by atoms with Crippen molar-refractivity contribution in [1.82, 2.24) is 0 Å². The quantitative estimate of drug-likeness (QED) is 0.521. The van der Waals surface area contributed by atoms with Gasteiger partial charge in [-0.1, -0.05) is 52.0 Å². The summed E-state index contributed by atoms with van der Waals surface area (Å²) in [6.07, 6.45) is 1.11. The minimum atomic E-state index is -0.306. The topological polar surface area (TPSA) is 26.3 Å². The number of carbonyl (C=O) groups is 1. The fraction of sp³-hybridized carbons (Fsp3) is 0.435. The molecule has 0 N–H and O–H groups in total. The van der Waals surface area contributed by atoms with Crippen LogP contribution in [0.3, 0.4) is 0 Å². The van der Waals surface area contributed by atoms with Crippen LogP contribution in [0, 0.1) is 13.8 Å². The van der Waals surface area contributed by atoms with Gasteiger partial charge < -0.3 is 4.74 Å². The summed E-state index contributed by atoms with van der Waals surface area (Å²) in [7, 11) is 0. The van der Waals surface area contributed by atoms with Crippen LogP contribution >= 0.6 is 0 Å². The molecule has 0 saturated heterocycles. The number of ether oxygens (including phenoxy) is 1. The highest BCUT2D eigenvalue weighted by Gasteiger charge is 2.45. The van der Waals surface area contributed by atoms with Crippen molar-refractivity contribution < 1.29 is 9.53 Å². The van der Waals surface area contributed by atoms with Crippen LogP contribution in [0.15, 0.2) is 30.3 Å². The van der Waals surface area contributed by atoms with Crippen LogP contribution in [-0.2, 0) is 15.6 Å². The van der Waals surface area contributed by atoms with Gasteiger partial charge in [-0.2, -0.15) is 0 Å². The Morgan fingerprint density at radius 3 is 2.20 bits per heavy atom. The molecule has 0 saturated carbocycles. The highest BCUT2D eigenvalue weighted by molar-refractivity contribution is 5.90. The summed E-state index contributed by atoms with van der Waals surface area (Å²) in [6.45, 7) is 13.4. The maximum Gasteiger partial charge on any atom is 0.323 e. The lowest BCUT2D eigenvalue weighted by Gasteiger charge is -2.22. The third-order valence-electron chi connectivity index (χ3n) is 6.11. The molecule has 0 radical (unpaired) electrons. The molecule has 0 bridgehead atoms. The van der Waals surface area contributed by atoms with E-state index in [1.165, 1.54) is 22.3 Å². The molecule has 4 rings (SSSR count). The molecule has 2 aromatic rings. The largest absolute Gasteiger partial charge is 0.425 e. The Hall–Kier alpha value is -2.09. The lowest BCUT2D eigenvalue weighted by molar-refractivity contribution is -0.133. The van der Waals surface area contributed by atoms with Crippen molar-refractivity contribution in [1.29, 1.82) is 0 Å². The van der Waals surface area contributed by atoms with E-state index in [1.54, 1.807) is 0 Å². The number of hydrogen-bond donors (Lipinski definition) is 0. The Morgan fingerprint density at radius 2 is 1.56 bits per heavy atom. The van der Waals surface area contributed by atoms with Gasteiger partial charge in [-0.3, -0.25) is 4.79 Å². The molecule has 0 aromatic heterocycles. The van der Waals surface area contributed by atoms with Gasteiger partial charge in [-0.05, 0) is 65.0 Å². The first-order chi connectivity index (χ1) is 11.6. The molecular weight excluding hydrogens is 308 g/mol. The van der Waals surface area contributed by atoms with Crippen LogP contribution in [-0.4, -0.2) is 5.97 Å². The molecule has 1 unspecified atom stereocenters. The first-order valence-corrected chi connectivity index (χ1v) is 9.08. The highest BCUT2D eigenvalue weighted by atomic mass is 16.5. The van der Waals surface area contributed by atoms with Crippen LogP contribution < -0.4 is 4.74 Å². The predicted molar refractivity (Wildman–Crippen MR) is 101 cm³/mol. The lowest BCUT2D eigenvalue weighted by Crippen LogP contribution is -2.18. The zero-order valence-electron chi connectivity index (χ0n) is 16.0. The zero-order valence-corrected chi connectivity index (χ0v) is 16.0. The summed E-state index contributed by atoms with van der Waals surface area (Å²) >= 11 is 0. The number of benzene rings is 2. The Balaban J connectivity index is 1.89. The Morgan fingerprint density at radius 1 is 0.920 bits per heavy atom. The second-order valence-corrected chi connectivity index (χ2v) is 9.08. The summed E-state index contributed by atoms with van der Waals surface area (Å²) in [5.74, 6) is 0.286. The fourth-order valence-electron chi connectivity index (χ4n) is 4.88. The van der Waals surface area contributed by atoms with Gasteiger partial charge in [-0.15, -0.1) is 0 Å². The van der Waals surface area contributed by atoms with Crippen molar-refractivity contribution in [2.75, 3.05) is 0 Å². The average Bonchev–Trinajstić information content (AvgIpc) is 2.91. The number of aryl methyl sites for hydroxylation is 2. The van der Waals surface area contributed by atoms with Crippen molar-refractivity contribution in [3.05, 3.63) is 63.7 Å². The number of rotatable bonds is 1.